The molecule has 0 aliphatic heterocycles. The number of nitrogens with two attached hydrogens (primary N) is 1. The van der Waals surface area contributed by atoms with Crippen molar-refractivity contribution in [2.45, 2.75) is 0 Å². The van der Waals surface area contributed by atoms with Crippen LogP contribution in [0.25, 0.3) is 11.1 Å². The second kappa shape index (κ2) is 3.65. The lowest BCUT2D eigenvalue weighted by atomic mass is 10.1. The second-order valence-corrected chi connectivity index (χ2v) is 3.07. The Kier molecular flexibility index (Phi) is 2.33. The Morgan fingerprint density at radius 3 is 2.60 bits per heavy atom. The van der Waals surface area contributed by atoms with Gasteiger partial charge in [0.15, 0.2) is 0 Å². The van der Waals surface area contributed by atoms with E-state index in [0.717, 1.165) is 0 Å². The van der Waals surface area contributed by atoms with Crippen molar-refractivity contribution in [1.82, 2.24) is 4.98 Å². The van der Waals surface area contributed by atoms with Crippen LogP contribution in [0.1, 0.15) is 0 Å². The first-order chi connectivity index (χ1) is 7.18. The topological polar surface area (TPSA) is 38.9 Å². The van der Waals surface area contributed by atoms with Crippen LogP contribution < -0.4 is 5.73 Å². The average molecular weight is 206 g/mol. The van der Waals surface area contributed by atoms with Gasteiger partial charge in [0.2, 0.25) is 5.95 Å². The lowest BCUT2D eigenvalue weighted by Crippen LogP contribution is -1.94. The van der Waals surface area contributed by atoms with E-state index in [1.54, 1.807) is 6.07 Å². The first kappa shape index (κ1) is 9.58. The first-order valence-corrected chi connectivity index (χ1v) is 4.34. The van der Waals surface area contributed by atoms with Crippen molar-refractivity contribution in [1.29, 1.82) is 0 Å². The minimum absolute atomic E-state index is 0.203. The van der Waals surface area contributed by atoms with Crippen LogP contribution >= 0.6 is 0 Å². The highest BCUT2D eigenvalue weighted by Gasteiger charge is 2.09. The van der Waals surface area contributed by atoms with Crippen molar-refractivity contribution < 1.29 is 8.78 Å². The second-order valence-electron chi connectivity index (χ2n) is 3.07. The van der Waals surface area contributed by atoms with Gasteiger partial charge in [0.1, 0.15) is 5.82 Å². The SMILES string of the molecule is Nc1ccc(F)cc1-c1cccnc1F. The molecule has 4 heteroatoms. The summed E-state index contributed by atoms with van der Waals surface area (Å²) in [7, 11) is 0. The van der Waals surface area contributed by atoms with Crippen LogP contribution in [0, 0.1) is 11.8 Å². The predicted molar refractivity (Wildman–Crippen MR) is 54.0 cm³/mol. The Hall–Kier alpha value is -1.97. The normalized spacial score (nSPS) is 10.3. The van der Waals surface area contributed by atoms with Gasteiger partial charge in [-0.15, -0.1) is 0 Å². The van der Waals surface area contributed by atoms with Crippen molar-refractivity contribution in [2.75, 3.05) is 5.73 Å². The number of rotatable bonds is 1. The molecule has 0 radical (unpaired) electrons. The largest absolute Gasteiger partial charge is 0.398 e. The molecular weight excluding hydrogens is 198 g/mol. The van der Waals surface area contributed by atoms with E-state index < -0.39 is 11.8 Å². The van der Waals surface area contributed by atoms with Crippen LogP contribution in [0.4, 0.5) is 14.5 Å². The Labute approximate surface area is 85.4 Å². The Bertz CT molecular complexity index is 498. The molecule has 0 atom stereocenters. The third-order valence-electron chi connectivity index (χ3n) is 2.06. The maximum Gasteiger partial charge on any atom is 0.220 e. The first-order valence-electron chi connectivity index (χ1n) is 4.34. The lowest BCUT2D eigenvalue weighted by molar-refractivity contribution is 0.587. The van der Waals surface area contributed by atoms with Gasteiger partial charge < -0.3 is 5.73 Å². The molecule has 0 aliphatic carbocycles. The predicted octanol–water partition coefficient (Wildman–Crippen LogP) is 2.61. The number of nitrogen functional groups attached to an aromatic ring is 1. The fourth-order valence-electron chi connectivity index (χ4n) is 1.35. The number of aromatic nitrogens is 1. The maximum atomic E-state index is 13.3. The molecule has 0 fully saturated rings. The zero-order valence-corrected chi connectivity index (χ0v) is 7.74. The summed E-state index contributed by atoms with van der Waals surface area (Å²) in [4.78, 5) is 3.48. The van der Waals surface area contributed by atoms with Crippen LogP contribution in [-0.2, 0) is 0 Å². The van der Waals surface area contributed by atoms with Gasteiger partial charge in [-0.25, -0.2) is 9.37 Å². The van der Waals surface area contributed by atoms with Crippen molar-refractivity contribution in [2.24, 2.45) is 0 Å². The van der Waals surface area contributed by atoms with E-state index in [1.807, 2.05) is 0 Å². The zero-order chi connectivity index (χ0) is 10.8. The van der Waals surface area contributed by atoms with E-state index in [2.05, 4.69) is 4.98 Å². The van der Waals surface area contributed by atoms with E-state index in [1.165, 1.54) is 30.5 Å². The Balaban J connectivity index is 2.64. The third kappa shape index (κ3) is 1.79. The number of benzene rings is 1. The van der Waals surface area contributed by atoms with Crippen LogP contribution in [-0.4, -0.2) is 4.98 Å². The van der Waals surface area contributed by atoms with Gasteiger partial charge in [0.05, 0.1) is 0 Å². The minimum atomic E-state index is -0.658. The van der Waals surface area contributed by atoms with Gasteiger partial charge in [0, 0.05) is 23.0 Å². The number of hydrogen-bond acceptors (Lipinski definition) is 2. The molecule has 2 nitrogen and oxygen atoms in total. The molecule has 2 N–H and O–H groups in total. The fourth-order valence-corrected chi connectivity index (χ4v) is 1.35. The summed E-state index contributed by atoms with van der Waals surface area (Å²) in [5.41, 5.74) is 6.47. The van der Waals surface area contributed by atoms with Gasteiger partial charge in [0.25, 0.3) is 0 Å². The fraction of sp³-hybridized carbons (Fsp3) is 0. The van der Waals surface area contributed by atoms with Gasteiger partial charge in [-0.05, 0) is 30.3 Å². The van der Waals surface area contributed by atoms with Crippen LogP contribution in [0.2, 0.25) is 0 Å². The van der Waals surface area contributed by atoms with Crippen molar-refractivity contribution in [3.63, 3.8) is 0 Å². The number of hydrogen-bond donors (Lipinski definition) is 1. The molecule has 1 aromatic heterocycles. The molecule has 2 aromatic rings. The highest BCUT2D eigenvalue weighted by atomic mass is 19.1. The van der Waals surface area contributed by atoms with Crippen molar-refractivity contribution in [3.8, 4) is 11.1 Å². The van der Waals surface area contributed by atoms with Crippen LogP contribution in [0.3, 0.4) is 0 Å². The number of pyridine rings is 1. The smallest absolute Gasteiger partial charge is 0.220 e. The highest BCUT2D eigenvalue weighted by molar-refractivity contribution is 5.75. The number of anilines is 1. The van der Waals surface area contributed by atoms with E-state index in [0.29, 0.717) is 11.3 Å². The third-order valence-corrected chi connectivity index (χ3v) is 2.06. The van der Waals surface area contributed by atoms with Crippen LogP contribution in [0.15, 0.2) is 36.5 Å². The average Bonchev–Trinajstić information content (AvgIpc) is 2.23. The molecule has 0 saturated carbocycles. The van der Waals surface area contributed by atoms with E-state index in [9.17, 15) is 8.78 Å². The Morgan fingerprint density at radius 2 is 1.87 bits per heavy atom. The number of halogens is 2. The summed E-state index contributed by atoms with van der Waals surface area (Å²) in [6.07, 6.45) is 1.33. The van der Waals surface area contributed by atoms with E-state index >= 15 is 0 Å². The summed E-state index contributed by atoms with van der Waals surface area (Å²) >= 11 is 0. The summed E-state index contributed by atoms with van der Waals surface area (Å²) in [6.45, 7) is 0. The lowest BCUT2D eigenvalue weighted by Gasteiger charge is -2.05. The molecule has 76 valence electrons. The van der Waals surface area contributed by atoms with Crippen molar-refractivity contribution >= 4 is 5.69 Å². The zero-order valence-electron chi connectivity index (χ0n) is 7.74. The van der Waals surface area contributed by atoms with Crippen LogP contribution in [0.5, 0.6) is 0 Å². The molecule has 2 rings (SSSR count). The molecule has 0 spiro atoms. The molecule has 0 aliphatic rings. The summed E-state index contributed by atoms with van der Waals surface area (Å²) in [5, 5.41) is 0. The maximum absolute atomic E-state index is 13.3. The summed E-state index contributed by atoms with van der Waals surface area (Å²) < 4.78 is 26.3. The van der Waals surface area contributed by atoms with Gasteiger partial charge >= 0.3 is 0 Å². The van der Waals surface area contributed by atoms with Gasteiger partial charge in [-0.3, -0.25) is 0 Å². The Morgan fingerprint density at radius 1 is 1.07 bits per heavy atom. The summed E-state index contributed by atoms with van der Waals surface area (Å²) in [6, 6.07) is 6.90. The molecule has 0 saturated heterocycles. The molecule has 1 heterocycles. The molecule has 0 amide bonds. The molecule has 15 heavy (non-hydrogen) atoms. The highest BCUT2D eigenvalue weighted by Crippen LogP contribution is 2.27. The quantitative estimate of drug-likeness (QED) is 0.575. The minimum Gasteiger partial charge on any atom is -0.398 e. The van der Waals surface area contributed by atoms with Gasteiger partial charge in [-0.2, -0.15) is 4.39 Å². The van der Waals surface area contributed by atoms with Crippen molar-refractivity contribution in [3.05, 3.63) is 48.3 Å². The standard InChI is InChI=1S/C11H8F2N2/c12-7-3-4-10(14)9(6-7)8-2-1-5-15-11(8)13/h1-6H,14H2. The summed E-state index contributed by atoms with van der Waals surface area (Å²) in [5.74, 6) is -1.11. The van der Waals surface area contributed by atoms with Gasteiger partial charge in [-0.1, -0.05) is 0 Å². The van der Waals surface area contributed by atoms with E-state index in [-0.39, 0.29) is 5.56 Å². The molecule has 0 bridgehead atoms. The van der Waals surface area contributed by atoms with E-state index in [4.69, 9.17) is 5.73 Å². The molecular formula is C11H8F2N2. The molecule has 1 aromatic carbocycles. The monoisotopic (exact) mass is 206 g/mol. The molecule has 0 unspecified atom stereocenters. The number of nitrogens with zero attached hydrogens (tertiary/aromatic N) is 1.